The van der Waals surface area contributed by atoms with Crippen molar-refractivity contribution >= 4 is 5.91 Å². The molecule has 0 saturated heterocycles. The molecule has 1 aliphatic carbocycles. The molecule has 124 valence electrons. The fourth-order valence-corrected chi connectivity index (χ4v) is 3.11. The Labute approximate surface area is 138 Å². The number of carbonyl (C=O) groups excluding carboxylic acids is 1. The fourth-order valence-electron chi connectivity index (χ4n) is 3.11. The molecule has 1 aromatic rings. The standard InChI is InChI=1S/C18H25N3O2/c1-5-6-9-23-16-11-15(18(16,2)3)21(4)17(22)14-10-13(12-19)7-8-20-14/h7-8,10,15-16H,5-6,9,11H2,1-4H3/t15-,16+/m0/s1. The molecule has 0 radical (unpaired) electrons. The second kappa shape index (κ2) is 7.10. The molecule has 0 spiro atoms. The molecule has 5 nitrogen and oxygen atoms in total. The van der Waals surface area contributed by atoms with Gasteiger partial charge < -0.3 is 9.64 Å². The minimum atomic E-state index is -0.146. The van der Waals surface area contributed by atoms with Gasteiger partial charge in [-0.3, -0.25) is 9.78 Å². The summed E-state index contributed by atoms with van der Waals surface area (Å²) in [5.41, 5.74) is 0.688. The van der Waals surface area contributed by atoms with Gasteiger partial charge in [-0.2, -0.15) is 5.26 Å². The Balaban J connectivity index is 2.02. The maximum atomic E-state index is 12.6. The first kappa shape index (κ1) is 17.4. The van der Waals surface area contributed by atoms with Crippen LogP contribution in [-0.2, 0) is 4.74 Å². The lowest BCUT2D eigenvalue weighted by molar-refractivity contribution is -0.140. The first-order chi connectivity index (χ1) is 10.9. The average Bonchev–Trinajstić information content (AvgIpc) is 2.56. The van der Waals surface area contributed by atoms with Crippen molar-refractivity contribution in [1.82, 2.24) is 9.88 Å². The van der Waals surface area contributed by atoms with E-state index in [0.717, 1.165) is 25.9 Å². The Hall–Kier alpha value is -1.93. The van der Waals surface area contributed by atoms with Gasteiger partial charge in [-0.1, -0.05) is 27.2 Å². The van der Waals surface area contributed by atoms with E-state index in [1.807, 2.05) is 6.07 Å². The second-order valence-electron chi connectivity index (χ2n) is 6.74. The van der Waals surface area contributed by atoms with Gasteiger partial charge in [0.1, 0.15) is 5.69 Å². The van der Waals surface area contributed by atoms with Crippen molar-refractivity contribution in [1.29, 1.82) is 5.26 Å². The third kappa shape index (κ3) is 3.53. The van der Waals surface area contributed by atoms with Crippen LogP contribution in [0.3, 0.4) is 0 Å². The average molecular weight is 315 g/mol. The van der Waals surface area contributed by atoms with Crippen LogP contribution in [0, 0.1) is 16.7 Å². The number of ether oxygens (including phenoxy) is 1. The molecule has 23 heavy (non-hydrogen) atoms. The molecule has 0 bridgehead atoms. The number of nitriles is 1. The minimum absolute atomic E-state index is 0.0784. The number of rotatable bonds is 6. The highest BCUT2D eigenvalue weighted by Gasteiger charge is 2.52. The number of nitrogens with zero attached hydrogens (tertiary/aromatic N) is 3. The van der Waals surface area contributed by atoms with Crippen molar-refractivity contribution < 1.29 is 9.53 Å². The number of aromatic nitrogens is 1. The lowest BCUT2D eigenvalue weighted by Gasteiger charge is -2.54. The van der Waals surface area contributed by atoms with Gasteiger partial charge in [0.05, 0.1) is 17.7 Å². The summed E-state index contributed by atoms with van der Waals surface area (Å²) in [6, 6.07) is 5.30. The molecule has 2 atom stereocenters. The van der Waals surface area contributed by atoms with Crippen LogP contribution in [0.15, 0.2) is 18.3 Å². The number of hydrogen-bond acceptors (Lipinski definition) is 4. The summed E-state index contributed by atoms with van der Waals surface area (Å²) >= 11 is 0. The normalized spacial score (nSPS) is 22.0. The Morgan fingerprint density at radius 1 is 1.57 bits per heavy atom. The summed E-state index contributed by atoms with van der Waals surface area (Å²) in [4.78, 5) is 18.5. The predicted octanol–water partition coefficient (Wildman–Crippen LogP) is 3.01. The van der Waals surface area contributed by atoms with E-state index in [2.05, 4.69) is 25.8 Å². The highest BCUT2D eigenvalue weighted by molar-refractivity contribution is 5.92. The third-order valence-corrected chi connectivity index (χ3v) is 4.84. The smallest absolute Gasteiger partial charge is 0.272 e. The van der Waals surface area contributed by atoms with Crippen LogP contribution in [0.1, 0.15) is 56.1 Å². The van der Waals surface area contributed by atoms with E-state index < -0.39 is 0 Å². The van der Waals surface area contributed by atoms with Gasteiger partial charge in [-0.05, 0) is 25.0 Å². The highest BCUT2D eigenvalue weighted by Crippen LogP contribution is 2.45. The van der Waals surface area contributed by atoms with Gasteiger partial charge in [0.25, 0.3) is 5.91 Å². The molecular weight excluding hydrogens is 290 g/mol. The van der Waals surface area contributed by atoms with Gasteiger partial charge >= 0.3 is 0 Å². The molecular formula is C18H25N3O2. The van der Waals surface area contributed by atoms with Crippen molar-refractivity contribution in [2.24, 2.45) is 5.41 Å². The molecule has 1 amide bonds. The van der Waals surface area contributed by atoms with E-state index >= 15 is 0 Å². The van der Waals surface area contributed by atoms with Crippen molar-refractivity contribution in [2.45, 2.75) is 52.2 Å². The molecule has 1 aliphatic rings. The Kier molecular flexibility index (Phi) is 5.38. The molecule has 1 saturated carbocycles. The van der Waals surface area contributed by atoms with Gasteiger partial charge in [-0.15, -0.1) is 0 Å². The summed E-state index contributed by atoms with van der Waals surface area (Å²) in [5, 5.41) is 8.95. The monoisotopic (exact) mass is 315 g/mol. The number of carbonyl (C=O) groups is 1. The molecule has 1 fully saturated rings. The summed E-state index contributed by atoms with van der Waals surface area (Å²) in [5.74, 6) is -0.146. The zero-order valence-corrected chi connectivity index (χ0v) is 14.4. The summed E-state index contributed by atoms with van der Waals surface area (Å²) in [6.45, 7) is 7.20. The topological polar surface area (TPSA) is 66.2 Å². The van der Waals surface area contributed by atoms with Crippen molar-refractivity contribution in [3.05, 3.63) is 29.6 Å². The van der Waals surface area contributed by atoms with Crippen LogP contribution in [0.25, 0.3) is 0 Å². The van der Waals surface area contributed by atoms with Gasteiger partial charge in [0.2, 0.25) is 0 Å². The first-order valence-electron chi connectivity index (χ1n) is 8.16. The zero-order chi connectivity index (χ0) is 17.0. The lowest BCUT2D eigenvalue weighted by Crippen LogP contribution is -2.62. The molecule has 5 heteroatoms. The quantitative estimate of drug-likeness (QED) is 0.757. The number of unbranched alkanes of at least 4 members (excludes halogenated alkanes) is 1. The van der Waals surface area contributed by atoms with E-state index in [0.29, 0.717) is 11.3 Å². The van der Waals surface area contributed by atoms with E-state index in [1.54, 1.807) is 24.1 Å². The Morgan fingerprint density at radius 3 is 2.91 bits per heavy atom. The third-order valence-electron chi connectivity index (χ3n) is 4.84. The van der Waals surface area contributed by atoms with E-state index in [4.69, 9.17) is 10.00 Å². The van der Waals surface area contributed by atoms with Crippen LogP contribution >= 0.6 is 0 Å². The zero-order valence-electron chi connectivity index (χ0n) is 14.4. The number of pyridine rings is 1. The molecule has 0 unspecified atom stereocenters. The number of hydrogen-bond donors (Lipinski definition) is 0. The number of amides is 1. The van der Waals surface area contributed by atoms with Gasteiger partial charge in [0.15, 0.2) is 0 Å². The minimum Gasteiger partial charge on any atom is -0.378 e. The summed E-state index contributed by atoms with van der Waals surface area (Å²) in [6.07, 6.45) is 4.72. The molecule has 1 heterocycles. The van der Waals surface area contributed by atoms with E-state index in [9.17, 15) is 4.79 Å². The fraction of sp³-hybridized carbons (Fsp3) is 0.611. The Morgan fingerprint density at radius 2 is 2.30 bits per heavy atom. The van der Waals surface area contributed by atoms with Crippen LogP contribution in [0.5, 0.6) is 0 Å². The van der Waals surface area contributed by atoms with Gasteiger partial charge in [0, 0.05) is 31.3 Å². The first-order valence-corrected chi connectivity index (χ1v) is 8.16. The molecule has 1 aromatic heterocycles. The largest absolute Gasteiger partial charge is 0.378 e. The second-order valence-corrected chi connectivity index (χ2v) is 6.74. The van der Waals surface area contributed by atoms with Crippen LogP contribution < -0.4 is 0 Å². The van der Waals surface area contributed by atoms with Gasteiger partial charge in [-0.25, -0.2) is 0 Å². The molecule has 2 rings (SSSR count). The highest BCUT2D eigenvalue weighted by atomic mass is 16.5. The van der Waals surface area contributed by atoms with Crippen LogP contribution in [0.2, 0.25) is 0 Å². The molecule has 0 aliphatic heterocycles. The van der Waals surface area contributed by atoms with Crippen molar-refractivity contribution in [3.8, 4) is 6.07 Å². The van der Waals surface area contributed by atoms with E-state index in [-0.39, 0.29) is 23.5 Å². The predicted molar refractivity (Wildman–Crippen MR) is 87.9 cm³/mol. The lowest BCUT2D eigenvalue weighted by atomic mass is 9.63. The maximum absolute atomic E-state index is 12.6. The Bertz CT molecular complexity index is 607. The van der Waals surface area contributed by atoms with Crippen LogP contribution in [-0.4, -0.2) is 41.6 Å². The van der Waals surface area contributed by atoms with E-state index in [1.165, 1.54) is 6.20 Å². The molecule has 0 N–H and O–H groups in total. The molecule has 0 aromatic carbocycles. The van der Waals surface area contributed by atoms with Crippen LogP contribution in [0.4, 0.5) is 0 Å². The summed E-state index contributed by atoms with van der Waals surface area (Å²) < 4.78 is 5.94. The van der Waals surface area contributed by atoms with Crippen molar-refractivity contribution in [2.75, 3.05) is 13.7 Å². The maximum Gasteiger partial charge on any atom is 0.272 e. The SMILES string of the molecule is CCCCO[C@@H]1C[C@H](N(C)C(=O)c2cc(C#N)ccn2)C1(C)C. The summed E-state index contributed by atoms with van der Waals surface area (Å²) in [7, 11) is 1.80. The van der Waals surface area contributed by atoms with Crippen molar-refractivity contribution in [3.63, 3.8) is 0 Å².